The fraction of sp³-hybridized carbons (Fsp3) is 0.944. The van der Waals surface area contributed by atoms with Crippen molar-refractivity contribution < 1.29 is 28.1 Å². The van der Waals surface area contributed by atoms with Gasteiger partial charge in [0.15, 0.2) is 0 Å². The van der Waals surface area contributed by atoms with Crippen LogP contribution in [0, 0.1) is 17.8 Å². The molecule has 0 N–H and O–H groups in total. The molecule has 162 valence electrons. The van der Waals surface area contributed by atoms with Gasteiger partial charge in [-0.2, -0.15) is 0 Å². The minimum atomic E-state index is -0.851. The third-order valence-corrected chi connectivity index (χ3v) is 6.88. The summed E-state index contributed by atoms with van der Waals surface area (Å²) in [7, 11) is 12.8. The van der Waals surface area contributed by atoms with Crippen LogP contribution in [0.2, 0.25) is 0 Å². The van der Waals surface area contributed by atoms with Crippen LogP contribution in [0.1, 0.15) is 34.1 Å². The zero-order valence-electron chi connectivity index (χ0n) is 17.7. The van der Waals surface area contributed by atoms with E-state index in [-0.39, 0.29) is 44.3 Å². The van der Waals surface area contributed by atoms with Crippen molar-refractivity contribution in [2.45, 2.75) is 58.1 Å². The van der Waals surface area contributed by atoms with E-state index in [1.165, 1.54) is 0 Å². The van der Waals surface area contributed by atoms with Gasteiger partial charge in [0, 0.05) is 0 Å². The maximum absolute atomic E-state index is 12.9. The standard InChI is InChI=1S/C18H32BNO6P3/c1-5-14-12(3)11(2)13(4)17(25-14)22-7-16(21)20-6-15(19)26-18(8-20,9-23-27)10-24-29-28/h11-15,17H,5-10,27H2,1-4H3/q+1. The molecule has 0 bridgehead atoms. The molecule has 0 aromatic carbocycles. The molecule has 2 aliphatic heterocycles. The van der Waals surface area contributed by atoms with Gasteiger partial charge in [-0.3, -0.25) is 0 Å². The average Bonchev–Trinajstić information content (AvgIpc) is 2.69. The summed E-state index contributed by atoms with van der Waals surface area (Å²) in [5.74, 6) is 0.965. The number of carbonyl (C=O) groups is 1. The van der Waals surface area contributed by atoms with Gasteiger partial charge in [0.25, 0.3) is 0 Å². The van der Waals surface area contributed by atoms with Crippen molar-refractivity contribution in [1.82, 2.24) is 4.90 Å². The fourth-order valence-electron chi connectivity index (χ4n) is 4.10. The van der Waals surface area contributed by atoms with E-state index >= 15 is 0 Å². The first-order valence-electron chi connectivity index (χ1n) is 10.0. The molecule has 1 amide bonds. The summed E-state index contributed by atoms with van der Waals surface area (Å²) >= 11 is 0. The van der Waals surface area contributed by atoms with Crippen molar-refractivity contribution in [1.29, 1.82) is 0 Å². The van der Waals surface area contributed by atoms with Gasteiger partial charge in [0.2, 0.25) is 0 Å². The second kappa shape index (κ2) is 12.0. The van der Waals surface area contributed by atoms with E-state index in [4.69, 9.17) is 31.1 Å². The van der Waals surface area contributed by atoms with Crippen LogP contribution in [0.25, 0.3) is 0 Å². The maximum atomic E-state index is 12.9. The Morgan fingerprint density at radius 3 is 2.66 bits per heavy atom. The molecule has 11 heteroatoms. The number of rotatable bonds is 8. The van der Waals surface area contributed by atoms with Crippen LogP contribution in [0.4, 0.5) is 0 Å². The SMILES string of the molecule is [B]C1CN(C(=O)COC2OC(CC)C(C)C(C)C2C)CC(COP)(CO[P+]#P)O1. The van der Waals surface area contributed by atoms with Crippen molar-refractivity contribution in [3.05, 3.63) is 0 Å². The van der Waals surface area contributed by atoms with Gasteiger partial charge in [-0.05, 0) is 0 Å². The summed E-state index contributed by atoms with van der Waals surface area (Å²) < 4.78 is 28.5. The van der Waals surface area contributed by atoms with Crippen LogP contribution >= 0.6 is 25.7 Å². The Bertz CT molecular complexity index is 594. The fourth-order valence-corrected chi connectivity index (χ4v) is 4.87. The van der Waals surface area contributed by atoms with Gasteiger partial charge in [-0.15, -0.1) is 0 Å². The number of hydrogen-bond donors (Lipinski definition) is 0. The molecule has 0 saturated carbocycles. The van der Waals surface area contributed by atoms with Crippen LogP contribution in [0.15, 0.2) is 0 Å². The van der Waals surface area contributed by atoms with Crippen LogP contribution < -0.4 is 0 Å². The van der Waals surface area contributed by atoms with E-state index in [1.807, 2.05) is 0 Å². The van der Waals surface area contributed by atoms with Gasteiger partial charge in [-0.1, -0.05) is 13.8 Å². The summed E-state index contributed by atoms with van der Waals surface area (Å²) in [6.07, 6.45) is 0.672. The molecule has 2 aliphatic rings. The third kappa shape index (κ3) is 6.80. The second-order valence-electron chi connectivity index (χ2n) is 8.12. The number of hydrogen-bond acceptors (Lipinski definition) is 6. The summed E-state index contributed by atoms with van der Waals surface area (Å²) in [6, 6.07) is -0.636. The number of nitrogens with zero attached hydrogens (tertiary/aromatic N) is 1. The molecular formula is C18H32BNO6P3+. The summed E-state index contributed by atoms with van der Waals surface area (Å²) in [4.78, 5) is 14.5. The first-order valence-corrected chi connectivity index (χ1v) is 12.5. The van der Waals surface area contributed by atoms with E-state index in [9.17, 15) is 4.79 Å². The quantitative estimate of drug-likeness (QED) is 0.408. The number of morpholine rings is 1. The van der Waals surface area contributed by atoms with Crippen molar-refractivity contribution in [2.24, 2.45) is 17.8 Å². The molecule has 0 aromatic rings. The number of amides is 1. The molecule has 0 spiro atoms. The Balaban J connectivity index is 1.99. The predicted molar refractivity (Wildman–Crippen MR) is 118 cm³/mol. The van der Waals surface area contributed by atoms with Crippen molar-refractivity contribution in [2.75, 3.05) is 32.9 Å². The topological polar surface area (TPSA) is 66.5 Å². The zero-order valence-corrected chi connectivity index (χ0v) is 20.6. The molecule has 0 aliphatic carbocycles. The summed E-state index contributed by atoms with van der Waals surface area (Å²) in [6.45, 7) is 9.60. The molecule has 2 saturated heterocycles. The monoisotopic (exact) mass is 462 g/mol. The molecular weight excluding hydrogens is 430 g/mol. The third-order valence-electron chi connectivity index (χ3n) is 6.12. The average molecular weight is 462 g/mol. The van der Waals surface area contributed by atoms with Gasteiger partial charge in [-0.25, -0.2) is 0 Å². The van der Waals surface area contributed by atoms with Gasteiger partial charge < -0.3 is 0 Å². The Labute approximate surface area is 181 Å². The molecule has 2 radical (unpaired) electrons. The van der Waals surface area contributed by atoms with Crippen molar-refractivity contribution in [3.8, 4) is 0 Å². The van der Waals surface area contributed by atoms with Gasteiger partial charge >= 0.3 is 167 Å². The van der Waals surface area contributed by atoms with E-state index in [0.717, 1.165) is 6.42 Å². The van der Waals surface area contributed by atoms with E-state index in [2.05, 4.69) is 45.5 Å². The Morgan fingerprint density at radius 1 is 1.31 bits per heavy atom. The number of carbonyl (C=O) groups excluding carboxylic acids is 1. The molecule has 2 heterocycles. The zero-order chi connectivity index (χ0) is 21.6. The van der Waals surface area contributed by atoms with E-state index in [1.54, 1.807) is 4.90 Å². The van der Waals surface area contributed by atoms with Crippen LogP contribution in [0.3, 0.4) is 0 Å². The van der Waals surface area contributed by atoms with Gasteiger partial charge in [0.1, 0.15) is 0 Å². The molecule has 2 fully saturated rings. The molecule has 7 nitrogen and oxygen atoms in total. The van der Waals surface area contributed by atoms with Crippen LogP contribution in [-0.2, 0) is 28.1 Å². The molecule has 2 rings (SSSR count). The molecule has 0 aromatic heterocycles. The predicted octanol–water partition coefficient (Wildman–Crippen LogP) is 3.15. The normalized spacial score (nSPS) is 38.0. The van der Waals surface area contributed by atoms with E-state index in [0.29, 0.717) is 26.3 Å². The summed E-state index contributed by atoms with van der Waals surface area (Å²) in [5, 5.41) is 0. The first-order chi connectivity index (χ1) is 13.8. The molecule has 8 unspecified atom stereocenters. The van der Waals surface area contributed by atoms with Crippen LogP contribution in [-0.4, -0.2) is 75.6 Å². The van der Waals surface area contributed by atoms with Gasteiger partial charge in [0.05, 0.1) is 0 Å². The molecule has 8 atom stereocenters. The van der Waals surface area contributed by atoms with E-state index < -0.39 is 17.9 Å². The van der Waals surface area contributed by atoms with Crippen molar-refractivity contribution >= 4 is 39.5 Å². The second-order valence-corrected chi connectivity index (χ2v) is 9.36. The Kier molecular flexibility index (Phi) is 10.7. The minimum absolute atomic E-state index is 0.0667. The Hall–Kier alpha value is 0.625. The van der Waals surface area contributed by atoms with Crippen molar-refractivity contribution in [3.63, 3.8) is 0 Å². The molecule has 29 heavy (non-hydrogen) atoms. The first kappa shape index (κ1) is 25.9. The van der Waals surface area contributed by atoms with Crippen LogP contribution in [0.5, 0.6) is 0 Å². The Morgan fingerprint density at radius 2 is 2.03 bits per heavy atom. The number of ether oxygens (including phenoxy) is 3. The summed E-state index contributed by atoms with van der Waals surface area (Å²) in [5.41, 5.74) is -0.851.